The molecular weight excluding hydrogens is 400 g/mol. The van der Waals surface area contributed by atoms with Gasteiger partial charge >= 0.3 is 0 Å². The lowest BCUT2D eigenvalue weighted by atomic mass is 9.90. The van der Waals surface area contributed by atoms with E-state index in [-0.39, 0.29) is 11.9 Å². The first kappa shape index (κ1) is 22.2. The number of ketones is 1. The van der Waals surface area contributed by atoms with Crippen LogP contribution in [0, 0.1) is 0 Å². The van der Waals surface area contributed by atoms with Crippen LogP contribution in [0.15, 0.2) is 103 Å². The molecule has 0 bridgehead atoms. The fourth-order valence-electron chi connectivity index (χ4n) is 3.83. The van der Waals surface area contributed by atoms with Gasteiger partial charge in [0, 0.05) is 0 Å². The normalized spacial score (nSPS) is 20.7. The second-order valence-electron chi connectivity index (χ2n) is 7.99. The van der Waals surface area contributed by atoms with Crippen molar-refractivity contribution in [3.8, 4) is 0 Å². The number of rotatable bonds is 9. The highest BCUT2D eigenvalue weighted by atomic mass is 16.6. The van der Waals surface area contributed by atoms with E-state index in [1.807, 2.05) is 97.9 Å². The fraction of sp³-hybridized carbons (Fsp3) is 0.250. The van der Waals surface area contributed by atoms with E-state index < -0.39 is 12.2 Å². The van der Waals surface area contributed by atoms with Gasteiger partial charge in [0.05, 0.1) is 19.8 Å². The molecule has 0 amide bonds. The van der Waals surface area contributed by atoms with Gasteiger partial charge in [-0.15, -0.1) is 0 Å². The highest BCUT2D eigenvalue weighted by Crippen LogP contribution is 2.27. The Labute approximate surface area is 189 Å². The van der Waals surface area contributed by atoms with E-state index in [4.69, 9.17) is 14.2 Å². The van der Waals surface area contributed by atoms with Gasteiger partial charge in [0.15, 0.2) is 5.78 Å². The molecule has 3 aromatic carbocycles. The summed E-state index contributed by atoms with van der Waals surface area (Å²) in [5.74, 6) is -0.0870. The van der Waals surface area contributed by atoms with Crippen molar-refractivity contribution in [2.45, 2.75) is 45.1 Å². The van der Waals surface area contributed by atoms with Crippen LogP contribution in [0.2, 0.25) is 0 Å². The average Bonchev–Trinajstić information content (AvgIpc) is 2.83. The summed E-state index contributed by atoms with van der Waals surface area (Å²) in [4.78, 5) is 12.9. The largest absolute Gasteiger partial charge is 0.367 e. The summed E-state index contributed by atoms with van der Waals surface area (Å²) < 4.78 is 18.7. The third-order valence-electron chi connectivity index (χ3n) is 5.53. The zero-order valence-electron chi connectivity index (χ0n) is 18.2. The summed E-state index contributed by atoms with van der Waals surface area (Å²) in [6, 6.07) is 29.8. The predicted molar refractivity (Wildman–Crippen MR) is 124 cm³/mol. The van der Waals surface area contributed by atoms with E-state index >= 15 is 0 Å². The second kappa shape index (κ2) is 11.0. The Morgan fingerprint density at radius 2 is 1.00 bits per heavy atom. The summed E-state index contributed by atoms with van der Waals surface area (Å²) >= 11 is 0. The van der Waals surface area contributed by atoms with Gasteiger partial charge in [-0.2, -0.15) is 0 Å². The number of ether oxygens (including phenoxy) is 3. The van der Waals surface area contributed by atoms with Gasteiger partial charge in [-0.3, -0.25) is 4.79 Å². The lowest BCUT2D eigenvalue weighted by Crippen LogP contribution is -2.50. The predicted octanol–water partition coefficient (Wildman–Crippen LogP) is 5.27. The van der Waals surface area contributed by atoms with Crippen LogP contribution in [0.3, 0.4) is 0 Å². The van der Waals surface area contributed by atoms with Gasteiger partial charge in [0.1, 0.15) is 18.3 Å². The van der Waals surface area contributed by atoms with Crippen molar-refractivity contribution >= 4 is 5.78 Å². The van der Waals surface area contributed by atoms with Gasteiger partial charge in [-0.25, -0.2) is 0 Å². The molecule has 0 saturated heterocycles. The molecule has 0 radical (unpaired) electrons. The van der Waals surface area contributed by atoms with Crippen LogP contribution in [-0.2, 0) is 38.8 Å². The molecule has 0 N–H and O–H groups in total. The van der Waals surface area contributed by atoms with Gasteiger partial charge in [0.2, 0.25) is 0 Å². The minimum absolute atomic E-state index is 0.0870. The molecule has 3 unspecified atom stereocenters. The topological polar surface area (TPSA) is 44.8 Å². The Morgan fingerprint density at radius 1 is 0.594 bits per heavy atom. The van der Waals surface area contributed by atoms with E-state index in [0.717, 1.165) is 22.3 Å². The molecule has 1 aliphatic carbocycles. The lowest BCUT2D eigenvalue weighted by Gasteiger charge is -2.36. The lowest BCUT2D eigenvalue weighted by molar-refractivity contribution is -0.162. The van der Waals surface area contributed by atoms with Crippen LogP contribution in [0.25, 0.3) is 0 Å². The first-order valence-corrected chi connectivity index (χ1v) is 10.9. The average molecular weight is 429 g/mol. The van der Waals surface area contributed by atoms with Gasteiger partial charge < -0.3 is 14.2 Å². The minimum atomic E-state index is -0.733. The Kier molecular flexibility index (Phi) is 7.62. The molecule has 164 valence electrons. The van der Waals surface area contributed by atoms with Crippen molar-refractivity contribution in [3.63, 3.8) is 0 Å². The molecule has 0 saturated carbocycles. The molecular formula is C28H28O4. The number of hydrogen-bond acceptors (Lipinski definition) is 4. The van der Waals surface area contributed by atoms with Gasteiger partial charge in [-0.05, 0) is 35.3 Å². The second-order valence-corrected chi connectivity index (χ2v) is 7.99. The summed E-state index contributed by atoms with van der Waals surface area (Å²) in [5.41, 5.74) is 3.97. The van der Waals surface area contributed by atoms with Crippen molar-refractivity contribution in [3.05, 3.63) is 119 Å². The molecule has 4 heteroatoms. The molecule has 0 aliphatic heterocycles. The Morgan fingerprint density at radius 3 is 1.47 bits per heavy atom. The maximum absolute atomic E-state index is 12.9. The molecule has 4 rings (SSSR count). The van der Waals surface area contributed by atoms with Crippen molar-refractivity contribution in [2.75, 3.05) is 0 Å². The highest BCUT2D eigenvalue weighted by Gasteiger charge is 2.41. The highest BCUT2D eigenvalue weighted by molar-refractivity contribution is 5.96. The Bertz CT molecular complexity index is 1020. The molecule has 1 aliphatic rings. The van der Waals surface area contributed by atoms with E-state index in [2.05, 4.69) is 0 Å². The summed E-state index contributed by atoms with van der Waals surface area (Å²) in [6.07, 6.45) is -0.0193. The number of hydrogen-bond donors (Lipinski definition) is 0. The number of benzene rings is 3. The molecule has 4 nitrogen and oxygen atoms in total. The molecule has 3 aromatic rings. The molecule has 3 atom stereocenters. The molecule has 0 aromatic heterocycles. The van der Waals surface area contributed by atoms with Crippen LogP contribution >= 0.6 is 0 Å². The number of carbonyl (C=O) groups excluding carboxylic acids is 1. The third kappa shape index (κ3) is 5.80. The fourth-order valence-corrected chi connectivity index (χ4v) is 3.83. The molecule has 32 heavy (non-hydrogen) atoms. The molecule has 0 fully saturated rings. The van der Waals surface area contributed by atoms with Crippen LogP contribution in [0.5, 0.6) is 0 Å². The van der Waals surface area contributed by atoms with Crippen molar-refractivity contribution < 1.29 is 19.0 Å². The zero-order chi connectivity index (χ0) is 22.2. The standard InChI is InChI=1S/C28H28O4/c1-21-17-25(29)27(31-19-23-13-7-3-8-14-23)28(32-20-24-15-9-4-10-16-24)26(21)30-18-22-11-5-2-6-12-22/h2-17,26-28H,18-20H2,1H3. The summed E-state index contributed by atoms with van der Waals surface area (Å²) in [7, 11) is 0. The first-order valence-electron chi connectivity index (χ1n) is 10.9. The van der Waals surface area contributed by atoms with E-state index in [1.165, 1.54) is 0 Å². The van der Waals surface area contributed by atoms with E-state index in [1.54, 1.807) is 6.08 Å². The Balaban J connectivity index is 1.53. The monoisotopic (exact) mass is 428 g/mol. The van der Waals surface area contributed by atoms with Crippen molar-refractivity contribution in [1.29, 1.82) is 0 Å². The smallest absolute Gasteiger partial charge is 0.187 e. The maximum Gasteiger partial charge on any atom is 0.187 e. The van der Waals surface area contributed by atoms with Crippen molar-refractivity contribution in [1.82, 2.24) is 0 Å². The summed E-state index contributed by atoms with van der Waals surface area (Å²) in [6.45, 7) is 3.06. The van der Waals surface area contributed by atoms with E-state index in [0.29, 0.717) is 19.8 Å². The third-order valence-corrected chi connectivity index (χ3v) is 5.53. The quantitative estimate of drug-likeness (QED) is 0.466. The van der Waals surface area contributed by atoms with Crippen LogP contribution < -0.4 is 0 Å². The SMILES string of the molecule is CC1=CC(=O)C(OCc2ccccc2)C(OCc2ccccc2)C1OCc1ccccc1. The first-order chi connectivity index (χ1) is 15.7. The maximum atomic E-state index is 12.9. The van der Waals surface area contributed by atoms with Gasteiger partial charge in [0.25, 0.3) is 0 Å². The van der Waals surface area contributed by atoms with E-state index in [9.17, 15) is 4.79 Å². The van der Waals surface area contributed by atoms with Gasteiger partial charge in [-0.1, -0.05) is 91.0 Å². The van der Waals surface area contributed by atoms with Crippen LogP contribution in [0.4, 0.5) is 0 Å². The minimum Gasteiger partial charge on any atom is -0.367 e. The zero-order valence-corrected chi connectivity index (χ0v) is 18.2. The number of carbonyl (C=O) groups is 1. The molecule has 0 spiro atoms. The van der Waals surface area contributed by atoms with Crippen LogP contribution in [-0.4, -0.2) is 24.1 Å². The molecule has 0 heterocycles. The van der Waals surface area contributed by atoms with Crippen molar-refractivity contribution in [2.24, 2.45) is 0 Å². The Hall–Kier alpha value is -3.05. The van der Waals surface area contributed by atoms with Crippen LogP contribution in [0.1, 0.15) is 23.6 Å². The summed E-state index contributed by atoms with van der Waals surface area (Å²) in [5, 5.41) is 0.